The summed E-state index contributed by atoms with van der Waals surface area (Å²) < 4.78 is 7.15. The zero-order chi connectivity index (χ0) is 15.3. The number of benzene rings is 1. The zero-order valence-electron chi connectivity index (χ0n) is 12.7. The van der Waals surface area contributed by atoms with Gasteiger partial charge < -0.3 is 4.74 Å². The molecule has 0 amide bonds. The minimum atomic E-state index is -0.762. The first kappa shape index (κ1) is 15.2. The highest BCUT2D eigenvalue weighted by molar-refractivity contribution is 5.82. The van der Waals surface area contributed by atoms with E-state index in [9.17, 15) is 4.79 Å². The molecule has 0 aliphatic rings. The molecule has 1 heterocycles. The number of aromatic nitrogens is 3. The van der Waals surface area contributed by atoms with Crippen LogP contribution in [-0.4, -0.2) is 27.3 Å². The Morgan fingerprint density at radius 2 is 1.86 bits per heavy atom. The van der Waals surface area contributed by atoms with Crippen LogP contribution in [-0.2, 0) is 14.9 Å². The van der Waals surface area contributed by atoms with Crippen molar-refractivity contribution in [1.82, 2.24) is 14.8 Å². The smallest absolute Gasteiger partial charge is 0.319 e. The Kier molecular flexibility index (Phi) is 4.73. The Labute approximate surface area is 125 Å². The maximum Gasteiger partial charge on any atom is 0.319 e. The van der Waals surface area contributed by atoms with E-state index in [-0.39, 0.29) is 5.97 Å². The lowest BCUT2D eigenvalue weighted by Crippen LogP contribution is -2.39. The Bertz CT molecular complexity index is 589. The second-order valence-electron chi connectivity index (χ2n) is 4.87. The average Bonchev–Trinajstić information content (AvgIpc) is 3.00. The van der Waals surface area contributed by atoms with Crippen molar-refractivity contribution in [2.24, 2.45) is 0 Å². The molecule has 1 aromatic carbocycles. The molecule has 0 saturated heterocycles. The molecular formula is C16H21N3O2. The van der Waals surface area contributed by atoms with Crippen molar-refractivity contribution in [3.63, 3.8) is 0 Å². The average molecular weight is 287 g/mol. The molecule has 5 heteroatoms. The first-order chi connectivity index (χ1) is 10.2. The third-order valence-corrected chi connectivity index (χ3v) is 3.88. The zero-order valence-corrected chi connectivity index (χ0v) is 12.7. The molecule has 21 heavy (non-hydrogen) atoms. The van der Waals surface area contributed by atoms with Gasteiger partial charge in [-0.15, -0.1) is 10.2 Å². The van der Waals surface area contributed by atoms with Crippen molar-refractivity contribution < 1.29 is 9.53 Å². The SMILES string of the molecule is CCOC(=O)C(CC)(CC)c1nncn1-c1ccccc1. The van der Waals surface area contributed by atoms with Gasteiger partial charge in [-0.1, -0.05) is 32.0 Å². The number of para-hydroxylation sites is 1. The number of carbonyl (C=O) groups excluding carboxylic acids is 1. The molecule has 0 saturated carbocycles. The minimum Gasteiger partial charge on any atom is -0.465 e. The largest absolute Gasteiger partial charge is 0.465 e. The van der Waals surface area contributed by atoms with Gasteiger partial charge in [0.1, 0.15) is 11.7 Å². The summed E-state index contributed by atoms with van der Waals surface area (Å²) in [6.07, 6.45) is 2.88. The topological polar surface area (TPSA) is 57.0 Å². The maximum atomic E-state index is 12.5. The molecule has 0 radical (unpaired) electrons. The quantitative estimate of drug-likeness (QED) is 0.767. The van der Waals surface area contributed by atoms with Gasteiger partial charge in [-0.2, -0.15) is 0 Å². The molecule has 2 rings (SSSR count). The monoisotopic (exact) mass is 287 g/mol. The van der Waals surface area contributed by atoms with Gasteiger partial charge in [0.15, 0.2) is 5.82 Å². The van der Waals surface area contributed by atoms with Crippen molar-refractivity contribution in [1.29, 1.82) is 0 Å². The lowest BCUT2D eigenvalue weighted by Gasteiger charge is -2.28. The second-order valence-corrected chi connectivity index (χ2v) is 4.87. The Morgan fingerprint density at radius 1 is 1.19 bits per heavy atom. The number of carbonyl (C=O) groups is 1. The van der Waals surface area contributed by atoms with Crippen LogP contribution in [0.2, 0.25) is 0 Å². The van der Waals surface area contributed by atoms with Crippen molar-refractivity contribution in [3.05, 3.63) is 42.5 Å². The highest BCUT2D eigenvalue weighted by atomic mass is 16.5. The van der Waals surface area contributed by atoms with Crippen LogP contribution in [0, 0.1) is 0 Å². The highest BCUT2D eigenvalue weighted by Crippen LogP contribution is 2.33. The van der Waals surface area contributed by atoms with Gasteiger partial charge in [0.05, 0.1) is 6.61 Å². The molecule has 0 atom stereocenters. The van der Waals surface area contributed by atoms with Gasteiger partial charge in [-0.3, -0.25) is 9.36 Å². The first-order valence-corrected chi connectivity index (χ1v) is 7.32. The van der Waals surface area contributed by atoms with Gasteiger partial charge in [-0.25, -0.2) is 0 Å². The predicted octanol–water partition coefficient (Wildman–Crippen LogP) is 2.89. The van der Waals surface area contributed by atoms with Crippen LogP contribution >= 0.6 is 0 Å². The molecule has 0 unspecified atom stereocenters. The number of esters is 1. The van der Waals surface area contributed by atoms with E-state index in [1.54, 1.807) is 6.33 Å². The van der Waals surface area contributed by atoms with Gasteiger partial charge in [-0.05, 0) is 31.9 Å². The van der Waals surface area contributed by atoms with E-state index in [4.69, 9.17) is 4.74 Å². The van der Waals surface area contributed by atoms with E-state index in [0.29, 0.717) is 25.3 Å². The summed E-state index contributed by atoms with van der Waals surface area (Å²) in [6, 6.07) is 9.78. The van der Waals surface area contributed by atoms with Gasteiger partial charge in [0, 0.05) is 5.69 Å². The molecule has 0 N–H and O–H groups in total. The molecule has 112 valence electrons. The van der Waals surface area contributed by atoms with Crippen LogP contribution in [0.3, 0.4) is 0 Å². The number of hydrogen-bond acceptors (Lipinski definition) is 4. The molecule has 0 aliphatic heterocycles. The summed E-state index contributed by atoms with van der Waals surface area (Å²) in [5, 5.41) is 8.23. The van der Waals surface area contributed by atoms with Crippen LogP contribution in [0.5, 0.6) is 0 Å². The first-order valence-electron chi connectivity index (χ1n) is 7.32. The third-order valence-electron chi connectivity index (χ3n) is 3.88. The minimum absolute atomic E-state index is 0.236. The predicted molar refractivity (Wildman–Crippen MR) is 80.3 cm³/mol. The molecule has 0 aliphatic carbocycles. The number of ether oxygens (including phenoxy) is 1. The summed E-state index contributed by atoms with van der Waals surface area (Å²) in [7, 11) is 0. The maximum absolute atomic E-state index is 12.5. The number of hydrogen-bond donors (Lipinski definition) is 0. The van der Waals surface area contributed by atoms with E-state index in [1.165, 1.54) is 0 Å². The summed E-state index contributed by atoms with van der Waals surface area (Å²) in [5.41, 5.74) is 0.176. The Balaban J connectivity index is 2.53. The van der Waals surface area contributed by atoms with Crippen molar-refractivity contribution >= 4 is 5.97 Å². The van der Waals surface area contributed by atoms with Crippen molar-refractivity contribution in [2.45, 2.75) is 39.0 Å². The fraction of sp³-hybridized carbons (Fsp3) is 0.438. The van der Waals surface area contributed by atoms with Gasteiger partial charge >= 0.3 is 5.97 Å². The Hall–Kier alpha value is -2.17. The van der Waals surface area contributed by atoms with Crippen LogP contribution in [0.1, 0.15) is 39.4 Å². The summed E-state index contributed by atoms with van der Waals surface area (Å²) in [6.45, 7) is 6.13. The van der Waals surface area contributed by atoms with E-state index in [2.05, 4.69) is 10.2 Å². The molecule has 5 nitrogen and oxygen atoms in total. The fourth-order valence-corrected chi connectivity index (χ4v) is 2.55. The lowest BCUT2D eigenvalue weighted by atomic mass is 9.81. The molecule has 2 aromatic rings. The Morgan fingerprint density at radius 3 is 2.43 bits per heavy atom. The van der Waals surface area contributed by atoms with Crippen LogP contribution in [0.15, 0.2) is 36.7 Å². The van der Waals surface area contributed by atoms with E-state index in [0.717, 1.165) is 5.69 Å². The number of rotatable bonds is 6. The summed E-state index contributed by atoms with van der Waals surface area (Å²) in [5.74, 6) is 0.400. The van der Waals surface area contributed by atoms with Crippen LogP contribution in [0.25, 0.3) is 5.69 Å². The molecule has 0 bridgehead atoms. The van der Waals surface area contributed by atoms with E-state index < -0.39 is 5.41 Å². The number of nitrogens with zero attached hydrogens (tertiary/aromatic N) is 3. The van der Waals surface area contributed by atoms with E-state index >= 15 is 0 Å². The highest BCUT2D eigenvalue weighted by Gasteiger charge is 2.43. The molecule has 0 fully saturated rings. The molecular weight excluding hydrogens is 266 g/mol. The van der Waals surface area contributed by atoms with E-state index in [1.807, 2.05) is 55.7 Å². The molecule has 1 aromatic heterocycles. The summed E-state index contributed by atoms with van der Waals surface area (Å²) in [4.78, 5) is 12.5. The molecule has 0 spiro atoms. The lowest BCUT2D eigenvalue weighted by molar-refractivity contribution is -0.151. The standard InChI is InChI=1S/C16H21N3O2/c1-4-16(5-2,15(20)21-6-3)14-18-17-12-19(14)13-10-8-7-9-11-13/h7-12H,4-6H2,1-3H3. The van der Waals surface area contributed by atoms with Crippen LogP contribution < -0.4 is 0 Å². The third kappa shape index (κ3) is 2.68. The summed E-state index contributed by atoms with van der Waals surface area (Å²) >= 11 is 0. The second kappa shape index (κ2) is 6.52. The normalized spacial score (nSPS) is 11.4. The van der Waals surface area contributed by atoms with Gasteiger partial charge in [0.2, 0.25) is 0 Å². The van der Waals surface area contributed by atoms with Crippen LogP contribution in [0.4, 0.5) is 0 Å². The van der Waals surface area contributed by atoms with Crippen molar-refractivity contribution in [2.75, 3.05) is 6.61 Å². The van der Waals surface area contributed by atoms with Gasteiger partial charge in [0.25, 0.3) is 0 Å². The van der Waals surface area contributed by atoms with Crippen molar-refractivity contribution in [3.8, 4) is 5.69 Å². The fourth-order valence-electron chi connectivity index (χ4n) is 2.55.